The Bertz CT molecular complexity index is 859. The van der Waals surface area contributed by atoms with Crippen LogP contribution in [0.5, 0.6) is 17.2 Å². The van der Waals surface area contributed by atoms with Gasteiger partial charge in [-0.25, -0.2) is 19.3 Å². The Labute approximate surface area is 125 Å². The van der Waals surface area contributed by atoms with E-state index < -0.39 is 0 Å². The van der Waals surface area contributed by atoms with Crippen LogP contribution < -0.4 is 19.9 Å². The first-order chi connectivity index (χ1) is 10.7. The lowest BCUT2D eigenvalue weighted by Crippen LogP contribution is -2.15. The minimum atomic E-state index is -0.351. The summed E-state index contributed by atoms with van der Waals surface area (Å²) in [5, 5.41) is 0. The molecule has 1 N–H and O–H groups in total. The van der Waals surface area contributed by atoms with Crippen molar-refractivity contribution in [3.05, 3.63) is 35.0 Å². The largest absolute Gasteiger partial charge is 0.493 e. The van der Waals surface area contributed by atoms with E-state index in [1.54, 1.807) is 12.1 Å². The molecule has 3 rings (SSSR count). The monoisotopic (exact) mass is 302 g/mol. The van der Waals surface area contributed by atoms with Gasteiger partial charge < -0.3 is 14.2 Å². The summed E-state index contributed by atoms with van der Waals surface area (Å²) in [6.45, 7) is 0. The summed E-state index contributed by atoms with van der Waals surface area (Å²) in [5.74, 6) is 1.34. The fourth-order valence-electron chi connectivity index (χ4n) is 2.27. The molecule has 22 heavy (non-hydrogen) atoms. The number of hydrogen-bond acceptors (Lipinski definition) is 6. The summed E-state index contributed by atoms with van der Waals surface area (Å²) >= 11 is 0. The van der Waals surface area contributed by atoms with Crippen molar-refractivity contribution in [2.45, 2.75) is 0 Å². The van der Waals surface area contributed by atoms with E-state index in [9.17, 15) is 4.79 Å². The summed E-state index contributed by atoms with van der Waals surface area (Å²) in [7, 11) is 4.54. The van der Waals surface area contributed by atoms with Gasteiger partial charge in [0.2, 0.25) is 5.75 Å². The van der Waals surface area contributed by atoms with Crippen LogP contribution >= 0.6 is 0 Å². The van der Waals surface area contributed by atoms with Gasteiger partial charge >= 0.3 is 5.69 Å². The van der Waals surface area contributed by atoms with Gasteiger partial charge in [0.1, 0.15) is 0 Å². The summed E-state index contributed by atoms with van der Waals surface area (Å²) in [4.78, 5) is 23.1. The van der Waals surface area contributed by atoms with Gasteiger partial charge in [-0.1, -0.05) is 0 Å². The summed E-state index contributed by atoms with van der Waals surface area (Å²) in [6.07, 6.45) is 3.03. The number of H-pyrrole nitrogens is 1. The van der Waals surface area contributed by atoms with Gasteiger partial charge in [-0.2, -0.15) is 0 Å². The highest BCUT2D eigenvalue weighted by Gasteiger charge is 2.17. The first-order valence-corrected chi connectivity index (χ1v) is 6.41. The normalized spacial score (nSPS) is 10.7. The number of benzene rings is 1. The maximum absolute atomic E-state index is 12.2. The third-order valence-electron chi connectivity index (χ3n) is 3.23. The van der Waals surface area contributed by atoms with Gasteiger partial charge in [0.15, 0.2) is 22.8 Å². The van der Waals surface area contributed by atoms with E-state index in [0.29, 0.717) is 34.2 Å². The molecule has 3 aromatic rings. The molecule has 8 nitrogen and oxygen atoms in total. The van der Waals surface area contributed by atoms with E-state index >= 15 is 0 Å². The van der Waals surface area contributed by atoms with Crippen LogP contribution in [-0.4, -0.2) is 40.8 Å². The first kappa shape index (κ1) is 13.9. The number of aromatic amines is 1. The van der Waals surface area contributed by atoms with Crippen LogP contribution in [0.25, 0.3) is 17.0 Å². The number of hydrogen-bond donors (Lipinski definition) is 1. The van der Waals surface area contributed by atoms with Gasteiger partial charge in [-0.15, -0.1) is 0 Å². The highest BCUT2D eigenvalue weighted by atomic mass is 16.5. The lowest BCUT2D eigenvalue weighted by molar-refractivity contribution is 0.324. The molecule has 0 saturated carbocycles. The third-order valence-corrected chi connectivity index (χ3v) is 3.23. The van der Waals surface area contributed by atoms with E-state index in [2.05, 4.69) is 15.0 Å². The van der Waals surface area contributed by atoms with Crippen molar-refractivity contribution in [3.8, 4) is 22.9 Å². The van der Waals surface area contributed by atoms with Crippen molar-refractivity contribution in [3.63, 3.8) is 0 Å². The lowest BCUT2D eigenvalue weighted by Gasteiger charge is -2.14. The molecule has 0 spiro atoms. The minimum absolute atomic E-state index is 0.351. The molecular formula is C14H14N4O4. The molecule has 0 saturated heterocycles. The number of methoxy groups -OCH3 is 3. The number of fused-ring (bicyclic) bond motifs is 1. The Balaban J connectivity index is 2.31. The summed E-state index contributed by atoms with van der Waals surface area (Å²) < 4.78 is 17.3. The molecule has 0 radical (unpaired) electrons. The average Bonchev–Trinajstić information content (AvgIpc) is 2.89. The van der Waals surface area contributed by atoms with Crippen molar-refractivity contribution in [1.29, 1.82) is 0 Å². The second-order valence-corrected chi connectivity index (χ2v) is 4.38. The van der Waals surface area contributed by atoms with E-state index in [-0.39, 0.29) is 5.69 Å². The summed E-state index contributed by atoms with van der Waals surface area (Å²) in [5.41, 5.74) is 1.00. The quantitative estimate of drug-likeness (QED) is 0.777. The van der Waals surface area contributed by atoms with Crippen LogP contribution in [0, 0.1) is 0 Å². The maximum atomic E-state index is 12.2. The van der Waals surface area contributed by atoms with Gasteiger partial charge in [0, 0.05) is 24.5 Å². The van der Waals surface area contributed by atoms with Crippen LogP contribution in [0.1, 0.15) is 0 Å². The Morgan fingerprint density at radius 2 is 1.64 bits per heavy atom. The number of imidazole rings is 1. The molecule has 0 amide bonds. The molecule has 0 aliphatic heterocycles. The predicted molar refractivity (Wildman–Crippen MR) is 79.1 cm³/mol. The fraction of sp³-hybridized carbons (Fsp3) is 0.214. The summed E-state index contributed by atoms with van der Waals surface area (Å²) in [6, 6.07) is 3.34. The van der Waals surface area contributed by atoms with Crippen molar-refractivity contribution >= 4 is 11.3 Å². The van der Waals surface area contributed by atoms with Crippen LogP contribution in [-0.2, 0) is 0 Å². The molecule has 0 aliphatic rings. The molecule has 0 unspecified atom stereocenters. The maximum Gasteiger partial charge on any atom is 0.333 e. The second kappa shape index (κ2) is 5.40. The second-order valence-electron chi connectivity index (χ2n) is 4.38. The molecule has 2 aromatic heterocycles. The number of aromatic nitrogens is 4. The molecule has 8 heteroatoms. The van der Waals surface area contributed by atoms with Crippen LogP contribution in [0.2, 0.25) is 0 Å². The van der Waals surface area contributed by atoms with E-state index in [1.165, 1.54) is 38.3 Å². The fourth-order valence-corrected chi connectivity index (χ4v) is 2.27. The average molecular weight is 302 g/mol. The van der Waals surface area contributed by atoms with Gasteiger partial charge in [0.05, 0.1) is 27.0 Å². The predicted octanol–water partition coefficient (Wildman–Crippen LogP) is 1.13. The Morgan fingerprint density at radius 1 is 1.00 bits per heavy atom. The van der Waals surface area contributed by atoms with Crippen LogP contribution in [0.4, 0.5) is 0 Å². The topological polar surface area (TPSA) is 91.3 Å². The molecular weight excluding hydrogens is 288 g/mol. The number of rotatable bonds is 4. The molecule has 0 fully saturated rings. The highest BCUT2D eigenvalue weighted by molar-refractivity contribution is 5.69. The van der Waals surface area contributed by atoms with Crippen LogP contribution in [0.15, 0.2) is 29.3 Å². The Morgan fingerprint density at radius 3 is 2.23 bits per heavy atom. The molecule has 0 bridgehead atoms. The van der Waals surface area contributed by atoms with Crippen molar-refractivity contribution in [2.75, 3.05) is 21.3 Å². The van der Waals surface area contributed by atoms with E-state index in [4.69, 9.17) is 14.2 Å². The number of nitrogens with zero attached hydrogens (tertiary/aromatic N) is 3. The highest BCUT2D eigenvalue weighted by Crippen LogP contribution is 2.39. The van der Waals surface area contributed by atoms with E-state index in [0.717, 1.165) is 0 Å². The molecule has 2 heterocycles. The Kier molecular flexibility index (Phi) is 3.42. The first-order valence-electron chi connectivity index (χ1n) is 6.41. The Hall–Kier alpha value is -3.03. The van der Waals surface area contributed by atoms with Gasteiger partial charge in [-0.3, -0.25) is 4.98 Å². The van der Waals surface area contributed by atoms with E-state index in [1.807, 2.05) is 0 Å². The van der Waals surface area contributed by atoms with Crippen molar-refractivity contribution < 1.29 is 14.2 Å². The zero-order valence-corrected chi connectivity index (χ0v) is 12.3. The molecule has 0 atom stereocenters. The third kappa shape index (κ3) is 2.05. The molecule has 114 valence electrons. The SMILES string of the molecule is COc1cc(-n2c(=O)[nH]c3nccnc32)cc(OC)c1OC. The van der Waals surface area contributed by atoms with Crippen molar-refractivity contribution in [2.24, 2.45) is 0 Å². The van der Waals surface area contributed by atoms with Gasteiger partial charge in [0.25, 0.3) is 0 Å². The zero-order valence-electron chi connectivity index (χ0n) is 12.3. The molecule has 1 aromatic carbocycles. The standard InChI is InChI=1S/C14H14N4O4/c1-20-9-6-8(7-10(21-2)11(9)22-3)18-13-12(17-14(18)19)15-4-5-16-13/h4-7H,1-3H3,(H,15,17,19). The van der Waals surface area contributed by atoms with Crippen molar-refractivity contribution in [1.82, 2.24) is 19.5 Å². The smallest absolute Gasteiger partial charge is 0.333 e. The number of ether oxygens (including phenoxy) is 3. The minimum Gasteiger partial charge on any atom is -0.493 e. The zero-order chi connectivity index (χ0) is 15.7. The van der Waals surface area contributed by atoms with Gasteiger partial charge in [-0.05, 0) is 0 Å². The lowest BCUT2D eigenvalue weighted by atomic mass is 10.2. The molecule has 0 aliphatic carbocycles. The number of nitrogens with one attached hydrogen (secondary N) is 1. The van der Waals surface area contributed by atoms with Crippen LogP contribution in [0.3, 0.4) is 0 Å².